The Morgan fingerprint density at radius 1 is 1.20 bits per heavy atom. The number of pyridine rings is 2. The number of nitrogens with one attached hydrogen (secondary N) is 1. The molecular formula is C27H32ClN7O4S. The number of aromatic nitrogens is 4. The molecule has 0 saturated carbocycles. The topological polar surface area (TPSA) is 115 Å². The fourth-order valence-electron chi connectivity index (χ4n) is 4.76. The van der Waals surface area contributed by atoms with E-state index in [1.807, 2.05) is 25.1 Å². The van der Waals surface area contributed by atoms with Crippen LogP contribution in [0.15, 0.2) is 36.8 Å². The molecule has 0 spiro atoms. The standard InChI is InChI=1S/C27H32ClN7O4S/c1-17-12-18(6-8-29-17)24-20(28)13-21-25(33-24)35(19-7-9-34(21)15-19)26(36)32-22-14-23(31-16-30-22)37-10-4-5-11-38-27(2,3)39-40/h6,8,12-14,16,19,40H,4-5,7,9-11,15H2,1-3H3,(H,30,31,32,36). The molecule has 11 nitrogen and oxygen atoms in total. The third kappa shape index (κ3) is 6.41. The van der Waals surface area contributed by atoms with Gasteiger partial charge in [0.15, 0.2) is 11.6 Å². The summed E-state index contributed by atoms with van der Waals surface area (Å²) in [6.45, 7) is 7.99. The number of halogens is 1. The van der Waals surface area contributed by atoms with Crippen LogP contribution in [-0.2, 0) is 8.92 Å². The number of unbranched alkanes of at least 4 members (excludes halogenated alkanes) is 1. The molecule has 2 aliphatic rings. The molecule has 0 radical (unpaired) electrons. The van der Waals surface area contributed by atoms with E-state index in [-0.39, 0.29) is 12.1 Å². The Hall–Kier alpha value is -3.19. The van der Waals surface area contributed by atoms with Crippen LogP contribution < -0.4 is 19.9 Å². The summed E-state index contributed by atoms with van der Waals surface area (Å²) in [5.74, 6) is 0.541. The maximum Gasteiger partial charge on any atom is 0.329 e. The van der Waals surface area contributed by atoms with Crippen LogP contribution in [0.5, 0.6) is 5.88 Å². The van der Waals surface area contributed by atoms with Crippen molar-refractivity contribution in [3.63, 3.8) is 0 Å². The first-order valence-corrected chi connectivity index (χ1v) is 13.9. The van der Waals surface area contributed by atoms with Crippen LogP contribution in [0.4, 0.5) is 22.1 Å². The van der Waals surface area contributed by atoms with Crippen molar-refractivity contribution < 1.29 is 18.5 Å². The normalized spacial score (nSPS) is 16.2. The van der Waals surface area contributed by atoms with Crippen molar-refractivity contribution in [1.29, 1.82) is 0 Å². The summed E-state index contributed by atoms with van der Waals surface area (Å²) in [4.78, 5) is 35.1. The lowest BCUT2D eigenvalue weighted by atomic mass is 10.1. The van der Waals surface area contributed by atoms with Gasteiger partial charge in [0.2, 0.25) is 5.88 Å². The number of urea groups is 1. The number of aryl methyl sites for hydroxylation is 1. The third-order valence-electron chi connectivity index (χ3n) is 6.76. The summed E-state index contributed by atoms with van der Waals surface area (Å²) < 4.78 is 16.3. The maximum atomic E-state index is 13.6. The van der Waals surface area contributed by atoms with Crippen molar-refractivity contribution in [2.75, 3.05) is 41.4 Å². The first-order chi connectivity index (χ1) is 19.2. The van der Waals surface area contributed by atoms with Gasteiger partial charge in [0.25, 0.3) is 0 Å². The second-order valence-corrected chi connectivity index (χ2v) is 10.8. The Labute approximate surface area is 243 Å². The molecule has 5 heterocycles. The fourth-order valence-corrected chi connectivity index (χ4v) is 5.07. The number of hydrogen-bond donors (Lipinski definition) is 2. The van der Waals surface area contributed by atoms with Crippen LogP contribution in [0.1, 0.15) is 38.8 Å². The summed E-state index contributed by atoms with van der Waals surface area (Å²) in [6, 6.07) is 6.95. The second-order valence-electron chi connectivity index (χ2n) is 10.2. The minimum atomic E-state index is -0.739. The smallest absolute Gasteiger partial charge is 0.329 e. The van der Waals surface area contributed by atoms with Crippen molar-refractivity contribution in [2.24, 2.45) is 0 Å². The van der Waals surface area contributed by atoms with Gasteiger partial charge in [-0.2, -0.15) is 0 Å². The zero-order valence-electron chi connectivity index (χ0n) is 22.6. The van der Waals surface area contributed by atoms with E-state index in [2.05, 4.69) is 38.1 Å². The van der Waals surface area contributed by atoms with Gasteiger partial charge in [0, 0.05) is 36.6 Å². The first-order valence-electron chi connectivity index (χ1n) is 13.1. The third-order valence-corrected chi connectivity index (χ3v) is 7.49. The number of nitrogens with zero attached hydrogens (tertiary/aromatic N) is 6. The van der Waals surface area contributed by atoms with Gasteiger partial charge < -0.3 is 14.4 Å². The van der Waals surface area contributed by atoms with Crippen LogP contribution in [0.25, 0.3) is 11.3 Å². The van der Waals surface area contributed by atoms with Crippen LogP contribution in [0, 0.1) is 6.92 Å². The molecule has 3 aromatic rings. The summed E-state index contributed by atoms with van der Waals surface area (Å²) in [6.07, 6.45) is 5.45. The van der Waals surface area contributed by atoms with Crippen LogP contribution in [-0.4, -0.2) is 64.1 Å². The summed E-state index contributed by atoms with van der Waals surface area (Å²) in [7, 11) is 0. The Bertz CT molecular complexity index is 1380. The van der Waals surface area contributed by atoms with Crippen LogP contribution in [0.3, 0.4) is 0 Å². The Kier molecular flexibility index (Phi) is 8.60. The van der Waals surface area contributed by atoms with E-state index < -0.39 is 5.79 Å². The number of hydrogen-bond acceptors (Lipinski definition) is 10. The van der Waals surface area contributed by atoms with Crippen molar-refractivity contribution in [3.8, 4) is 17.1 Å². The average molecular weight is 586 g/mol. The predicted molar refractivity (Wildman–Crippen MR) is 156 cm³/mol. The van der Waals surface area contributed by atoms with Gasteiger partial charge in [-0.1, -0.05) is 11.6 Å². The Morgan fingerprint density at radius 2 is 2.02 bits per heavy atom. The van der Waals surface area contributed by atoms with Crippen molar-refractivity contribution in [2.45, 2.75) is 51.9 Å². The number of rotatable bonds is 10. The highest BCUT2D eigenvalue weighted by atomic mass is 35.5. The second kappa shape index (κ2) is 12.1. The number of carbonyl (C=O) groups excluding carboxylic acids is 1. The zero-order chi connectivity index (χ0) is 28.3. The van der Waals surface area contributed by atoms with Gasteiger partial charge in [-0.3, -0.25) is 19.4 Å². The van der Waals surface area contributed by atoms with Gasteiger partial charge in [0.1, 0.15) is 12.1 Å². The predicted octanol–water partition coefficient (Wildman–Crippen LogP) is 5.30. The van der Waals surface area contributed by atoms with Crippen molar-refractivity contribution in [3.05, 3.63) is 47.5 Å². The molecule has 2 amide bonds. The van der Waals surface area contributed by atoms with Gasteiger partial charge >= 0.3 is 6.03 Å². The summed E-state index contributed by atoms with van der Waals surface area (Å²) in [5.41, 5.74) is 3.14. The number of anilines is 3. The molecule has 3 aromatic heterocycles. The summed E-state index contributed by atoms with van der Waals surface area (Å²) >= 11 is 10.5. The molecular weight excluding hydrogens is 554 g/mol. The molecule has 40 heavy (non-hydrogen) atoms. The van der Waals surface area contributed by atoms with E-state index in [4.69, 9.17) is 30.2 Å². The fraction of sp³-hybridized carbons (Fsp3) is 0.444. The number of thiol groups is 1. The van der Waals surface area contributed by atoms with E-state index in [1.54, 1.807) is 31.0 Å². The number of ether oxygens (including phenoxy) is 2. The zero-order valence-corrected chi connectivity index (χ0v) is 24.3. The van der Waals surface area contributed by atoms with E-state index in [0.29, 0.717) is 48.0 Å². The SMILES string of the molecule is Cc1cc(-c2nc3c(cc2Cl)N2CCC(C2)N3C(=O)Nc2cc(OCCCCOC(C)(C)OS)ncn2)ccn1. The quantitative estimate of drug-likeness (QED) is 0.141. The Balaban J connectivity index is 1.27. The van der Waals surface area contributed by atoms with E-state index in [9.17, 15) is 4.79 Å². The number of carbonyl (C=O) groups is 1. The van der Waals surface area contributed by atoms with Crippen LogP contribution in [0.2, 0.25) is 5.02 Å². The summed E-state index contributed by atoms with van der Waals surface area (Å²) in [5, 5.41) is 3.43. The molecule has 13 heteroatoms. The molecule has 5 rings (SSSR count). The molecule has 1 saturated heterocycles. The first kappa shape index (κ1) is 28.3. The molecule has 1 unspecified atom stereocenters. The highest BCUT2D eigenvalue weighted by Crippen LogP contribution is 2.43. The lowest BCUT2D eigenvalue weighted by Crippen LogP contribution is -2.48. The maximum absolute atomic E-state index is 13.6. The van der Waals surface area contributed by atoms with Crippen molar-refractivity contribution >= 4 is 47.9 Å². The highest BCUT2D eigenvalue weighted by molar-refractivity contribution is 7.75. The monoisotopic (exact) mass is 585 g/mol. The lowest BCUT2D eigenvalue weighted by Gasteiger charge is -2.36. The average Bonchev–Trinajstić information content (AvgIpc) is 3.35. The lowest BCUT2D eigenvalue weighted by molar-refractivity contribution is -0.145. The van der Waals surface area contributed by atoms with Gasteiger partial charge in [0.05, 0.1) is 35.7 Å². The highest BCUT2D eigenvalue weighted by Gasteiger charge is 2.41. The number of fused-ring (bicyclic) bond motifs is 4. The molecule has 2 aliphatic heterocycles. The van der Waals surface area contributed by atoms with Crippen molar-refractivity contribution in [1.82, 2.24) is 19.9 Å². The molecule has 1 atom stereocenters. The van der Waals surface area contributed by atoms with E-state index >= 15 is 0 Å². The van der Waals surface area contributed by atoms with Gasteiger partial charge in [-0.15, -0.1) is 0 Å². The molecule has 1 fully saturated rings. The Morgan fingerprint density at radius 3 is 2.83 bits per heavy atom. The largest absolute Gasteiger partial charge is 0.478 e. The minimum Gasteiger partial charge on any atom is -0.478 e. The molecule has 1 N–H and O–H groups in total. The van der Waals surface area contributed by atoms with Crippen LogP contribution >= 0.6 is 24.5 Å². The van der Waals surface area contributed by atoms with E-state index in [1.165, 1.54) is 6.33 Å². The van der Waals surface area contributed by atoms with E-state index in [0.717, 1.165) is 42.8 Å². The van der Waals surface area contributed by atoms with Gasteiger partial charge in [-0.05, 0) is 71.1 Å². The number of amides is 2. The van der Waals surface area contributed by atoms with Gasteiger partial charge in [-0.25, -0.2) is 19.7 Å². The molecule has 0 aliphatic carbocycles. The molecule has 0 aromatic carbocycles. The molecule has 2 bridgehead atoms. The molecule has 212 valence electrons. The minimum absolute atomic E-state index is 0.0223.